The molecule has 1 aromatic carbocycles. The fourth-order valence-corrected chi connectivity index (χ4v) is 1.68. The van der Waals surface area contributed by atoms with Gasteiger partial charge in [0.2, 0.25) is 0 Å². The minimum atomic E-state index is -0.482. The first-order valence-corrected chi connectivity index (χ1v) is 5.72. The zero-order valence-corrected chi connectivity index (χ0v) is 11.1. The second-order valence-corrected chi connectivity index (χ2v) is 4.28. The maximum atomic E-state index is 12.1. The predicted octanol–water partition coefficient (Wildman–Crippen LogP) is 0.979. The van der Waals surface area contributed by atoms with Gasteiger partial charge in [0.1, 0.15) is 0 Å². The lowest BCUT2D eigenvalue weighted by Gasteiger charge is -2.20. The second kappa shape index (κ2) is 6.08. The molecule has 0 heterocycles. The first kappa shape index (κ1) is 14.8. The van der Waals surface area contributed by atoms with Crippen LogP contribution in [-0.4, -0.2) is 47.7 Å². The Morgan fingerprint density at radius 2 is 2.00 bits per heavy atom. The predicted molar refractivity (Wildman–Crippen MR) is 67.9 cm³/mol. The van der Waals surface area contributed by atoms with Crippen molar-refractivity contribution in [2.45, 2.75) is 6.92 Å². The Morgan fingerprint density at radius 1 is 1.37 bits per heavy atom. The van der Waals surface area contributed by atoms with Gasteiger partial charge in [-0.3, -0.25) is 9.59 Å². The van der Waals surface area contributed by atoms with Crippen LogP contribution in [0.4, 0.5) is 0 Å². The number of aromatic hydroxyl groups is 2. The van der Waals surface area contributed by atoms with Crippen molar-refractivity contribution < 1.29 is 24.5 Å². The van der Waals surface area contributed by atoms with E-state index in [0.29, 0.717) is 0 Å². The molecule has 19 heavy (non-hydrogen) atoms. The molecule has 0 fully saturated rings. The molecular weight excluding hydrogens is 250 g/mol. The average Bonchev–Trinajstić information content (AvgIpc) is 2.39. The molecule has 1 atom stereocenters. The van der Waals surface area contributed by atoms with Crippen molar-refractivity contribution in [2.24, 2.45) is 5.92 Å². The molecule has 0 saturated heterocycles. The Balaban J connectivity index is 2.83. The Labute approximate surface area is 111 Å². The maximum Gasteiger partial charge on any atom is 0.310 e. The summed E-state index contributed by atoms with van der Waals surface area (Å²) in [4.78, 5) is 24.6. The van der Waals surface area contributed by atoms with E-state index in [4.69, 9.17) is 0 Å². The third-order valence-electron chi connectivity index (χ3n) is 2.74. The molecule has 0 aliphatic heterocycles. The van der Waals surface area contributed by atoms with Gasteiger partial charge in [0.15, 0.2) is 11.5 Å². The molecule has 1 unspecified atom stereocenters. The number of amides is 1. The summed E-state index contributed by atoms with van der Waals surface area (Å²) in [6, 6.07) is 4.14. The molecule has 0 spiro atoms. The molecule has 1 aromatic rings. The van der Waals surface area contributed by atoms with E-state index in [9.17, 15) is 19.8 Å². The fourth-order valence-electron chi connectivity index (χ4n) is 1.68. The Morgan fingerprint density at radius 3 is 2.58 bits per heavy atom. The van der Waals surface area contributed by atoms with E-state index < -0.39 is 23.5 Å². The number of carbonyl (C=O) groups excluding carboxylic acids is 2. The summed E-state index contributed by atoms with van der Waals surface area (Å²) in [5.74, 6) is -2.20. The molecule has 6 nitrogen and oxygen atoms in total. The van der Waals surface area contributed by atoms with Crippen molar-refractivity contribution in [2.75, 3.05) is 20.7 Å². The number of esters is 1. The average molecular weight is 267 g/mol. The molecule has 0 aliphatic carbocycles. The highest BCUT2D eigenvalue weighted by molar-refractivity contribution is 5.97. The van der Waals surface area contributed by atoms with Gasteiger partial charge in [0, 0.05) is 13.6 Å². The molecule has 1 rings (SSSR count). The van der Waals surface area contributed by atoms with Gasteiger partial charge in [-0.15, -0.1) is 0 Å². The number of carbonyl (C=O) groups is 2. The highest BCUT2D eigenvalue weighted by Crippen LogP contribution is 2.28. The van der Waals surface area contributed by atoms with Gasteiger partial charge in [-0.05, 0) is 12.1 Å². The summed E-state index contributed by atoms with van der Waals surface area (Å²) in [6.45, 7) is 1.79. The normalized spacial score (nSPS) is 11.7. The zero-order valence-electron chi connectivity index (χ0n) is 11.1. The minimum absolute atomic E-state index is 0.0143. The van der Waals surface area contributed by atoms with Gasteiger partial charge in [-0.2, -0.15) is 0 Å². The highest BCUT2D eigenvalue weighted by atomic mass is 16.5. The number of ether oxygens (including phenoxy) is 1. The van der Waals surface area contributed by atoms with Gasteiger partial charge in [-0.1, -0.05) is 13.0 Å². The molecule has 0 aromatic heterocycles. The second-order valence-electron chi connectivity index (χ2n) is 4.28. The van der Waals surface area contributed by atoms with Crippen LogP contribution in [0.1, 0.15) is 17.3 Å². The lowest BCUT2D eigenvalue weighted by Crippen LogP contribution is -2.34. The van der Waals surface area contributed by atoms with Crippen LogP contribution < -0.4 is 0 Å². The van der Waals surface area contributed by atoms with E-state index in [1.165, 1.54) is 37.3 Å². The van der Waals surface area contributed by atoms with E-state index in [0.717, 1.165) is 0 Å². The standard InChI is InChI=1S/C13H17NO5/c1-8(13(18)19-3)7-14(2)12(17)9-5-4-6-10(15)11(9)16/h4-6,8,15-16H,7H2,1-3H3. The van der Waals surface area contributed by atoms with Crippen molar-refractivity contribution in [1.82, 2.24) is 4.90 Å². The Hall–Kier alpha value is -2.24. The van der Waals surface area contributed by atoms with Crippen LogP contribution in [0.5, 0.6) is 11.5 Å². The van der Waals surface area contributed by atoms with Crippen LogP contribution in [0, 0.1) is 5.92 Å². The molecule has 0 radical (unpaired) electrons. The van der Waals surface area contributed by atoms with Crippen LogP contribution in [0.25, 0.3) is 0 Å². The van der Waals surface area contributed by atoms with Crippen LogP contribution in [0.2, 0.25) is 0 Å². The minimum Gasteiger partial charge on any atom is -0.504 e. The Bertz CT molecular complexity index is 486. The molecule has 6 heteroatoms. The summed E-state index contributed by atoms with van der Waals surface area (Å²) in [7, 11) is 2.78. The molecule has 0 bridgehead atoms. The number of para-hydroxylation sites is 1. The summed E-state index contributed by atoms with van der Waals surface area (Å²) in [5.41, 5.74) is -0.0143. The number of benzene rings is 1. The number of hydrogen-bond acceptors (Lipinski definition) is 5. The highest BCUT2D eigenvalue weighted by Gasteiger charge is 2.22. The monoisotopic (exact) mass is 267 g/mol. The smallest absolute Gasteiger partial charge is 0.310 e. The van der Waals surface area contributed by atoms with Crippen LogP contribution in [0.15, 0.2) is 18.2 Å². The van der Waals surface area contributed by atoms with E-state index in [1.807, 2.05) is 0 Å². The van der Waals surface area contributed by atoms with Gasteiger partial charge >= 0.3 is 5.97 Å². The van der Waals surface area contributed by atoms with Crippen molar-refractivity contribution in [3.8, 4) is 11.5 Å². The summed E-state index contributed by atoms with van der Waals surface area (Å²) >= 11 is 0. The van der Waals surface area contributed by atoms with Crippen LogP contribution >= 0.6 is 0 Å². The maximum absolute atomic E-state index is 12.1. The molecular formula is C13H17NO5. The van der Waals surface area contributed by atoms with Crippen molar-refractivity contribution in [1.29, 1.82) is 0 Å². The number of phenolic OH excluding ortho intramolecular Hbond substituents is 2. The van der Waals surface area contributed by atoms with E-state index >= 15 is 0 Å². The lowest BCUT2D eigenvalue weighted by atomic mass is 10.1. The third kappa shape index (κ3) is 3.37. The van der Waals surface area contributed by atoms with E-state index in [1.54, 1.807) is 6.92 Å². The third-order valence-corrected chi connectivity index (χ3v) is 2.74. The SMILES string of the molecule is COC(=O)C(C)CN(C)C(=O)c1cccc(O)c1O. The topological polar surface area (TPSA) is 87.1 Å². The summed E-state index contributed by atoms with van der Waals surface area (Å²) < 4.78 is 4.57. The van der Waals surface area contributed by atoms with Gasteiger partial charge in [0.25, 0.3) is 5.91 Å². The molecule has 2 N–H and O–H groups in total. The van der Waals surface area contributed by atoms with E-state index in [-0.39, 0.29) is 17.9 Å². The van der Waals surface area contributed by atoms with Crippen molar-refractivity contribution in [3.05, 3.63) is 23.8 Å². The molecule has 0 aliphatic rings. The number of phenols is 2. The number of hydrogen-bond donors (Lipinski definition) is 2. The molecule has 1 amide bonds. The Kier molecular flexibility index (Phi) is 4.74. The van der Waals surface area contributed by atoms with E-state index in [2.05, 4.69) is 4.74 Å². The van der Waals surface area contributed by atoms with Crippen LogP contribution in [-0.2, 0) is 9.53 Å². The molecule has 104 valence electrons. The number of nitrogens with zero attached hydrogens (tertiary/aromatic N) is 1. The number of rotatable bonds is 4. The molecule has 0 saturated carbocycles. The zero-order chi connectivity index (χ0) is 14.6. The van der Waals surface area contributed by atoms with Crippen LogP contribution in [0.3, 0.4) is 0 Å². The van der Waals surface area contributed by atoms with Crippen molar-refractivity contribution in [3.63, 3.8) is 0 Å². The van der Waals surface area contributed by atoms with Gasteiger partial charge < -0.3 is 19.8 Å². The van der Waals surface area contributed by atoms with Crippen molar-refractivity contribution >= 4 is 11.9 Å². The summed E-state index contributed by atoms with van der Waals surface area (Å²) in [6.07, 6.45) is 0. The fraction of sp³-hybridized carbons (Fsp3) is 0.385. The quantitative estimate of drug-likeness (QED) is 0.627. The van der Waals surface area contributed by atoms with Gasteiger partial charge in [0.05, 0.1) is 18.6 Å². The lowest BCUT2D eigenvalue weighted by molar-refractivity contribution is -0.145. The summed E-state index contributed by atoms with van der Waals surface area (Å²) in [5, 5.41) is 19.0. The first-order valence-electron chi connectivity index (χ1n) is 5.72. The first-order chi connectivity index (χ1) is 8.88. The number of methoxy groups -OCH3 is 1. The van der Waals surface area contributed by atoms with Gasteiger partial charge in [-0.25, -0.2) is 0 Å². The largest absolute Gasteiger partial charge is 0.504 e.